The van der Waals surface area contributed by atoms with Crippen LogP contribution in [0.4, 0.5) is 4.79 Å². The molecule has 0 bridgehead atoms. The molecule has 70 valence electrons. The molecule has 1 saturated carbocycles. The summed E-state index contributed by atoms with van der Waals surface area (Å²) in [7, 11) is 1.79. The van der Waals surface area contributed by atoms with E-state index in [1.165, 1.54) is 19.3 Å². The first kappa shape index (κ1) is 9.85. The van der Waals surface area contributed by atoms with Crippen molar-refractivity contribution in [3.8, 4) is 0 Å². The minimum atomic E-state index is -0.325. The zero-order valence-electron chi connectivity index (χ0n) is 7.72. The molecule has 1 aliphatic carbocycles. The van der Waals surface area contributed by atoms with Gasteiger partial charge >= 0.3 is 5.37 Å². The number of carbonyl (C=O) groups is 1. The Morgan fingerprint density at radius 1 is 1.42 bits per heavy atom. The number of halogens is 1. The van der Waals surface area contributed by atoms with Crippen molar-refractivity contribution in [3.05, 3.63) is 0 Å². The van der Waals surface area contributed by atoms with E-state index in [4.69, 9.17) is 11.6 Å². The zero-order chi connectivity index (χ0) is 9.14. The Hall–Kier alpha value is -0.240. The molecule has 1 fully saturated rings. The van der Waals surface area contributed by atoms with Crippen LogP contribution in [0, 0.1) is 5.92 Å². The minimum absolute atomic E-state index is 0.325. The molecule has 1 rings (SSSR count). The summed E-state index contributed by atoms with van der Waals surface area (Å²) in [6.45, 7) is 2.19. The summed E-state index contributed by atoms with van der Waals surface area (Å²) in [5, 5.41) is -0.325. The van der Waals surface area contributed by atoms with Crippen molar-refractivity contribution in [3.63, 3.8) is 0 Å². The molecule has 0 aromatic carbocycles. The molecule has 3 heteroatoms. The highest BCUT2D eigenvalue weighted by atomic mass is 35.5. The molecule has 2 unspecified atom stereocenters. The lowest BCUT2D eigenvalue weighted by molar-refractivity contribution is 0.162. The van der Waals surface area contributed by atoms with E-state index in [2.05, 4.69) is 6.92 Å². The molecule has 0 radical (unpaired) electrons. The predicted molar refractivity (Wildman–Crippen MR) is 50.4 cm³/mol. The fourth-order valence-corrected chi connectivity index (χ4v) is 2.13. The number of amides is 1. The third kappa shape index (κ3) is 2.13. The first-order valence-electron chi connectivity index (χ1n) is 4.55. The second-order valence-electron chi connectivity index (χ2n) is 3.69. The van der Waals surface area contributed by atoms with Crippen molar-refractivity contribution >= 4 is 17.0 Å². The van der Waals surface area contributed by atoms with Gasteiger partial charge in [0.15, 0.2) is 0 Å². The van der Waals surface area contributed by atoms with Gasteiger partial charge in [0.2, 0.25) is 0 Å². The SMILES string of the molecule is CC1CCCCC1N(C)C(=O)Cl. The van der Waals surface area contributed by atoms with E-state index < -0.39 is 0 Å². The Bertz CT molecular complexity index is 172. The molecule has 0 aliphatic heterocycles. The maximum Gasteiger partial charge on any atom is 0.316 e. The molecule has 1 aliphatic rings. The highest BCUT2D eigenvalue weighted by Crippen LogP contribution is 2.27. The number of hydrogen-bond donors (Lipinski definition) is 0. The van der Waals surface area contributed by atoms with Crippen LogP contribution in [0.1, 0.15) is 32.6 Å². The lowest BCUT2D eigenvalue weighted by Crippen LogP contribution is -2.40. The van der Waals surface area contributed by atoms with Crippen molar-refractivity contribution in [1.82, 2.24) is 4.90 Å². The normalized spacial score (nSPS) is 29.9. The van der Waals surface area contributed by atoms with Crippen LogP contribution in [0.3, 0.4) is 0 Å². The molecular weight excluding hydrogens is 174 g/mol. The van der Waals surface area contributed by atoms with Crippen molar-refractivity contribution in [2.45, 2.75) is 38.6 Å². The molecule has 0 spiro atoms. The summed E-state index contributed by atoms with van der Waals surface area (Å²) in [5.41, 5.74) is 0. The quantitative estimate of drug-likeness (QED) is 0.459. The third-order valence-corrected chi connectivity index (χ3v) is 3.11. The Labute approximate surface area is 78.9 Å². The average molecular weight is 190 g/mol. The van der Waals surface area contributed by atoms with Crippen LogP contribution < -0.4 is 0 Å². The van der Waals surface area contributed by atoms with Gasteiger partial charge in [-0.3, -0.25) is 4.79 Å². The van der Waals surface area contributed by atoms with E-state index in [0.29, 0.717) is 12.0 Å². The first-order chi connectivity index (χ1) is 5.63. The predicted octanol–water partition coefficient (Wildman–Crippen LogP) is 2.86. The van der Waals surface area contributed by atoms with E-state index in [-0.39, 0.29) is 5.37 Å². The zero-order valence-corrected chi connectivity index (χ0v) is 8.47. The smallest absolute Gasteiger partial charge is 0.316 e. The fourth-order valence-electron chi connectivity index (χ4n) is 2.00. The van der Waals surface area contributed by atoms with Gasteiger partial charge in [0.1, 0.15) is 0 Å². The van der Waals surface area contributed by atoms with Crippen molar-refractivity contribution in [2.75, 3.05) is 7.05 Å². The highest BCUT2D eigenvalue weighted by molar-refractivity contribution is 6.62. The van der Waals surface area contributed by atoms with E-state index in [1.54, 1.807) is 11.9 Å². The van der Waals surface area contributed by atoms with E-state index >= 15 is 0 Å². The van der Waals surface area contributed by atoms with Gasteiger partial charge in [-0.25, -0.2) is 0 Å². The minimum Gasteiger partial charge on any atom is -0.329 e. The summed E-state index contributed by atoms with van der Waals surface area (Å²) < 4.78 is 0. The highest BCUT2D eigenvalue weighted by Gasteiger charge is 2.26. The molecule has 0 aromatic rings. The molecular formula is C9H16ClNO. The number of hydrogen-bond acceptors (Lipinski definition) is 1. The van der Waals surface area contributed by atoms with Crippen LogP contribution in [0.5, 0.6) is 0 Å². The van der Waals surface area contributed by atoms with Crippen LogP contribution in [0.2, 0.25) is 0 Å². The van der Waals surface area contributed by atoms with Crippen LogP contribution >= 0.6 is 11.6 Å². The molecule has 1 amide bonds. The van der Waals surface area contributed by atoms with E-state index in [1.807, 2.05) is 0 Å². The van der Waals surface area contributed by atoms with Gasteiger partial charge in [-0.2, -0.15) is 0 Å². The van der Waals surface area contributed by atoms with Gasteiger partial charge in [0, 0.05) is 13.1 Å². The fraction of sp³-hybridized carbons (Fsp3) is 0.889. The molecule has 2 nitrogen and oxygen atoms in total. The van der Waals surface area contributed by atoms with Gasteiger partial charge in [0.25, 0.3) is 0 Å². The lowest BCUT2D eigenvalue weighted by Gasteiger charge is -2.34. The summed E-state index contributed by atoms with van der Waals surface area (Å²) in [6, 6.07) is 0.365. The maximum absolute atomic E-state index is 10.9. The summed E-state index contributed by atoms with van der Waals surface area (Å²) >= 11 is 5.41. The number of carbonyl (C=O) groups excluding carboxylic acids is 1. The largest absolute Gasteiger partial charge is 0.329 e. The molecule has 0 heterocycles. The van der Waals surface area contributed by atoms with Crippen molar-refractivity contribution < 1.29 is 4.79 Å². The monoisotopic (exact) mass is 189 g/mol. The van der Waals surface area contributed by atoms with Gasteiger partial charge in [-0.1, -0.05) is 19.8 Å². The Morgan fingerprint density at radius 2 is 2.00 bits per heavy atom. The van der Waals surface area contributed by atoms with Gasteiger partial charge in [-0.05, 0) is 30.4 Å². The third-order valence-electron chi connectivity index (χ3n) is 2.84. The van der Waals surface area contributed by atoms with Crippen LogP contribution in [0.25, 0.3) is 0 Å². The average Bonchev–Trinajstić information content (AvgIpc) is 2.04. The van der Waals surface area contributed by atoms with E-state index in [9.17, 15) is 4.79 Å². The number of rotatable bonds is 1. The van der Waals surface area contributed by atoms with E-state index in [0.717, 1.165) is 6.42 Å². The topological polar surface area (TPSA) is 20.3 Å². The summed E-state index contributed by atoms with van der Waals surface area (Å²) in [6.07, 6.45) is 4.85. The lowest BCUT2D eigenvalue weighted by atomic mass is 9.85. The summed E-state index contributed by atoms with van der Waals surface area (Å²) in [5.74, 6) is 0.603. The van der Waals surface area contributed by atoms with Gasteiger partial charge in [0.05, 0.1) is 0 Å². The van der Waals surface area contributed by atoms with Crippen LogP contribution in [-0.2, 0) is 0 Å². The van der Waals surface area contributed by atoms with Crippen molar-refractivity contribution in [2.24, 2.45) is 5.92 Å². The second kappa shape index (κ2) is 4.13. The van der Waals surface area contributed by atoms with Crippen LogP contribution in [-0.4, -0.2) is 23.4 Å². The molecule has 0 N–H and O–H groups in total. The Balaban J connectivity index is 2.53. The first-order valence-corrected chi connectivity index (χ1v) is 4.93. The van der Waals surface area contributed by atoms with Gasteiger partial charge < -0.3 is 4.90 Å². The molecule has 0 saturated heterocycles. The number of nitrogens with zero attached hydrogens (tertiary/aromatic N) is 1. The van der Waals surface area contributed by atoms with Gasteiger partial charge in [-0.15, -0.1) is 0 Å². The molecule has 0 aromatic heterocycles. The van der Waals surface area contributed by atoms with Crippen LogP contribution in [0.15, 0.2) is 0 Å². The Kier molecular flexibility index (Phi) is 3.39. The maximum atomic E-state index is 10.9. The molecule has 2 atom stereocenters. The standard InChI is InChI=1S/C9H16ClNO/c1-7-5-3-4-6-8(7)11(2)9(10)12/h7-8H,3-6H2,1-2H3. The summed E-state index contributed by atoms with van der Waals surface area (Å²) in [4.78, 5) is 12.6. The molecule has 12 heavy (non-hydrogen) atoms. The Morgan fingerprint density at radius 3 is 2.50 bits per heavy atom. The van der Waals surface area contributed by atoms with Crippen molar-refractivity contribution in [1.29, 1.82) is 0 Å². The second-order valence-corrected chi connectivity index (χ2v) is 4.02.